The molecule has 0 bridgehead atoms. The van der Waals surface area contributed by atoms with Crippen molar-refractivity contribution in [3.8, 4) is 11.4 Å². The maximum absolute atomic E-state index is 12.1. The number of benzene rings is 1. The van der Waals surface area contributed by atoms with E-state index in [1.54, 1.807) is 19.9 Å². The molecule has 0 spiro atoms. The van der Waals surface area contributed by atoms with Crippen molar-refractivity contribution >= 4 is 23.5 Å². The van der Waals surface area contributed by atoms with Crippen LogP contribution in [0.1, 0.15) is 24.1 Å². The number of aryl methyl sites for hydroxylation is 1. The Bertz CT molecular complexity index is 875. The molecule has 0 radical (unpaired) electrons. The lowest BCUT2D eigenvalue weighted by molar-refractivity contribution is -0.115. The predicted octanol–water partition coefficient (Wildman–Crippen LogP) is 2.75. The maximum atomic E-state index is 12.1. The first-order valence-electron chi connectivity index (χ1n) is 8.03. The minimum absolute atomic E-state index is 0.166. The Labute approximate surface area is 154 Å². The van der Waals surface area contributed by atoms with Crippen LogP contribution in [0, 0.1) is 6.92 Å². The topological polar surface area (TPSA) is 120 Å². The molecule has 0 saturated heterocycles. The quantitative estimate of drug-likeness (QED) is 0.648. The molecule has 0 fully saturated rings. The van der Waals surface area contributed by atoms with E-state index in [0.29, 0.717) is 35.6 Å². The zero-order valence-electron chi connectivity index (χ0n) is 14.4. The smallest absolute Gasteiger partial charge is 0.238 e. The summed E-state index contributed by atoms with van der Waals surface area (Å²) in [6.07, 6.45) is 0. The van der Waals surface area contributed by atoms with Crippen molar-refractivity contribution in [2.75, 3.05) is 5.32 Å². The van der Waals surface area contributed by atoms with Gasteiger partial charge in [-0.1, -0.05) is 34.6 Å². The van der Waals surface area contributed by atoms with Gasteiger partial charge in [-0.3, -0.25) is 4.79 Å². The average Bonchev–Trinajstić information content (AvgIpc) is 3.28. The van der Waals surface area contributed by atoms with Crippen LogP contribution >= 0.6 is 11.8 Å². The summed E-state index contributed by atoms with van der Waals surface area (Å²) in [4.78, 5) is 16.5. The van der Waals surface area contributed by atoms with Gasteiger partial charge in [-0.2, -0.15) is 4.98 Å². The van der Waals surface area contributed by atoms with Crippen LogP contribution in [0.4, 0.5) is 5.82 Å². The van der Waals surface area contributed by atoms with Gasteiger partial charge in [0.05, 0.1) is 11.0 Å². The summed E-state index contributed by atoms with van der Waals surface area (Å²) >= 11 is 1.40. The lowest BCUT2D eigenvalue weighted by atomic mass is 10.1. The van der Waals surface area contributed by atoms with E-state index in [1.807, 2.05) is 24.3 Å². The highest BCUT2D eigenvalue weighted by Crippen LogP contribution is 2.21. The highest BCUT2D eigenvalue weighted by atomic mass is 32.2. The lowest BCUT2D eigenvalue weighted by Crippen LogP contribution is -2.22. The van der Waals surface area contributed by atoms with Gasteiger partial charge in [-0.05, 0) is 19.4 Å². The molecule has 1 unspecified atom stereocenters. The number of carbonyl (C=O) groups excluding carboxylic acids is 1. The number of nitrogens with one attached hydrogen (secondary N) is 1. The van der Waals surface area contributed by atoms with E-state index in [9.17, 15) is 4.79 Å². The van der Waals surface area contributed by atoms with E-state index in [1.165, 1.54) is 11.8 Å². The number of carbonyl (C=O) groups is 1. The number of hydrogen-bond acceptors (Lipinski definition) is 8. The molecule has 2 heterocycles. The summed E-state index contributed by atoms with van der Waals surface area (Å²) in [5.74, 6) is 2.28. The first kappa shape index (κ1) is 18.2. The van der Waals surface area contributed by atoms with Crippen LogP contribution < -0.4 is 11.1 Å². The first-order valence-corrected chi connectivity index (χ1v) is 9.08. The molecule has 136 valence electrons. The number of thioether (sulfide) groups is 1. The molecule has 26 heavy (non-hydrogen) atoms. The molecule has 1 aromatic carbocycles. The third kappa shape index (κ3) is 4.50. The number of rotatable bonds is 7. The van der Waals surface area contributed by atoms with Crippen molar-refractivity contribution in [3.05, 3.63) is 47.5 Å². The zero-order valence-corrected chi connectivity index (χ0v) is 15.2. The van der Waals surface area contributed by atoms with Gasteiger partial charge in [0.2, 0.25) is 17.6 Å². The number of nitrogens with two attached hydrogens (primary N) is 1. The SMILES string of the molecule is Cc1cc(NC(=O)C(C)SCc2nc(-c3ccc(CN)cc3)no2)no1. The van der Waals surface area contributed by atoms with E-state index >= 15 is 0 Å². The Hall–Kier alpha value is -2.65. The fraction of sp³-hybridized carbons (Fsp3) is 0.294. The second kappa shape index (κ2) is 8.15. The first-order chi connectivity index (χ1) is 12.5. The van der Waals surface area contributed by atoms with E-state index in [2.05, 4.69) is 20.6 Å². The second-order valence-corrected chi connectivity index (χ2v) is 7.01. The molecule has 1 amide bonds. The molecule has 0 saturated carbocycles. The minimum atomic E-state index is -0.314. The molecule has 0 aliphatic heterocycles. The summed E-state index contributed by atoms with van der Waals surface area (Å²) in [6.45, 7) is 4.05. The molecular weight excluding hydrogens is 354 g/mol. The van der Waals surface area contributed by atoms with E-state index in [0.717, 1.165) is 11.1 Å². The normalized spacial score (nSPS) is 12.1. The maximum Gasteiger partial charge on any atom is 0.238 e. The van der Waals surface area contributed by atoms with Crippen molar-refractivity contribution in [1.82, 2.24) is 15.3 Å². The third-order valence-corrected chi connectivity index (χ3v) is 4.75. The van der Waals surface area contributed by atoms with Crippen LogP contribution in [0.3, 0.4) is 0 Å². The molecule has 3 rings (SSSR count). The van der Waals surface area contributed by atoms with Gasteiger partial charge in [-0.15, -0.1) is 11.8 Å². The Kier molecular flexibility index (Phi) is 5.69. The van der Waals surface area contributed by atoms with E-state index < -0.39 is 0 Å². The van der Waals surface area contributed by atoms with E-state index in [4.69, 9.17) is 14.8 Å². The number of hydrogen-bond donors (Lipinski definition) is 2. The fourth-order valence-corrected chi connectivity index (χ4v) is 2.87. The summed E-state index contributed by atoms with van der Waals surface area (Å²) in [6, 6.07) is 9.33. The molecular formula is C17H19N5O3S. The van der Waals surface area contributed by atoms with Crippen molar-refractivity contribution in [1.29, 1.82) is 0 Å². The van der Waals surface area contributed by atoms with Crippen LogP contribution in [0.15, 0.2) is 39.4 Å². The molecule has 8 nitrogen and oxygen atoms in total. The summed E-state index contributed by atoms with van der Waals surface area (Å²) < 4.78 is 10.2. The number of nitrogens with zero attached hydrogens (tertiary/aromatic N) is 3. The van der Waals surface area contributed by atoms with Gasteiger partial charge in [-0.25, -0.2) is 0 Å². The molecule has 3 aromatic rings. The Morgan fingerprint density at radius 2 is 2.04 bits per heavy atom. The molecule has 0 aliphatic rings. The largest absolute Gasteiger partial charge is 0.360 e. The van der Waals surface area contributed by atoms with Crippen LogP contribution in [-0.4, -0.2) is 26.5 Å². The van der Waals surface area contributed by atoms with Crippen LogP contribution in [0.5, 0.6) is 0 Å². The monoisotopic (exact) mass is 373 g/mol. The van der Waals surface area contributed by atoms with Gasteiger partial charge in [0.15, 0.2) is 5.82 Å². The summed E-state index contributed by atoms with van der Waals surface area (Å²) in [5, 5.41) is 10.1. The van der Waals surface area contributed by atoms with Crippen LogP contribution in [0.25, 0.3) is 11.4 Å². The third-order valence-electron chi connectivity index (χ3n) is 3.62. The van der Waals surface area contributed by atoms with Gasteiger partial charge < -0.3 is 20.1 Å². The standard InChI is InChI=1S/C17H19N5O3S/c1-10-7-14(21-24-10)19-17(23)11(2)26-9-15-20-16(22-25-15)13-5-3-12(8-18)4-6-13/h3-7,11H,8-9,18H2,1-2H3,(H,19,21,23). The zero-order chi connectivity index (χ0) is 18.5. The Balaban J connectivity index is 1.54. The number of amides is 1. The highest BCUT2D eigenvalue weighted by molar-refractivity contribution is 7.99. The molecule has 2 aromatic heterocycles. The van der Waals surface area contributed by atoms with Crippen LogP contribution in [-0.2, 0) is 17.1 Å². The summed E-state index contributed by atoms with van der Waals surface area (Å²) in [5.41, 5.74) is 7.48. The minimum Gasteiger partial charge on any atom is -0.360 e. The predicted molar refractivity (Wildman–Crippen MR) is 98.3 cm³/mol. The molecule has 3 N–H and O–H groups in total. The Morgan fingerprint density at radius 3 is 2.69 bits per heavy atom. The Morgan fingerprint density at radius 1 is 1.27 bits per heavy atom. The second-order valence-electron chi connectivity index (χ2n) is 5.68. The van der Waals surface area contributed by atoms with E-state index in [-0.39, 0.29) is 11.2 Å². The van der Waals surface area contributed by atoms with Crippen LogP contribution in [0.2, 0.25) is 0 Å². The molecule has 9 heteroatoms. The van der Waals surface area contributed by atoms with Gasteiger partial charge >= 0.3 is 0 Å². The molecule has 1 atom stereocenters. The number of aromatic nitrogens is 3. The highest BCUT2D eigenvalue weighted by Gasteiger charge is 2.17. The molecule has 0 aliphatic carbocycles. The van der Waals surface area contributed by atoms with Gasteiger partial charge in [0, 0.05) is 18.2 Å². The average molecular weight is 373 g/mol. The van der Waals surface area contributed by atoms with Gasteiger partial charge in [0.25, 0.3) is 0 Å². The van der Waals surface area contributed by atoms with Crippen molar-refractivity contribution in [2.24, 2.45) is 5.73 Å². The van der Waals surface area contributed by atoms with Crippen molar-refractivity contribution in [3.63, 3.8) is 0 Å². The number of anilines is 1. The lowest BCUT2D eigenvalue weighted by Gasteiger charge is -2.08. The summed E-state index contributed by atoms with van der Waals surface area (Å²) in [7, 11) is 0. The fourth-order valence-electron chi connectivity index (χ4n) is 2.15. The van der Waals surface area contributed by atoms with Gasteiger partial charge in [0.1, 0.15) is 5.76 Å². The van der Waals surface area contributed by atoms with Crippen molar-refractivity contribution < 1.29 is 13.8 Å². The van der Waals surface area contributed by atoms with Crippen molar-refractivity contribution in [2.45, 2.75) is 31.4 Å².